The molecular formula is C22H22Cl3N3O2. The number of hydrogen-bond donors (Lipinski definition) is 1. The van der Waals surface area contributed by atoms with Crippen LogP contribution in [0.1, 0.15) is 27.9 Å². The predicted octanol–water partition coefficient (Wildman–Crippen LogP) is 4.04. The average Bonchev–Trinajstić information content (AvgIpc) is 3.23. The highest BCUT2D eigenvalue weighted by atomic mass is 35.5. The molecule has 30 heavy (non-hydrogen) atoms. The second kappa shape index (κ2) is 9.15. The second-order valence-corrected chi connectivity index (χ2v) is 8.98. The van der Waals surface area contributed by atoms with Gasteiger partial charge in [0.1, 0.15) is 0 Å². The molecule has 1 atom stereocenters. The summed E-state index contributed by atoms with van der Waals surface area (Å²) in [4.78, 5) is 29.1. The van der Waals surface area contributed by atoms with Crippen LogP contribution in [0.5, 0.6) is 0 Å². The summed E-state index contributed by atoms with van der Waals surface area (Å²) >= 11 is 18.0. The molecule has 2 heterocycles. The first-order valence-electron chi connectivity index (χ1n) is 9.93. The maximum absolute atomic E-state index is 12.6. The molecule has 2 aliphatic heterocycles. The first-order valence-corrected chi connectivity index (χ1v) is 11.1. The zero-order valence-corrected chi connectivity index (χ0v) is 18.6. The molecule has 0 bridgehead atoms. The summed E-state index contributed by atoms with van der Waals surface area (Å²) in [5.41, 5.74) is 3.00. The van der Waals surface area contributed by atoms with Crippen molar-refractivity contribution >= 4 is 46.6 Å². The molecule has 8 heteroatoms. The normalized spacial score (nSPS) is 18.9. The number of carbonyl (C=O) groups is 2. The highest BCUT2D eigenvalue weighted by Crippen LogP contribution is 2.27. The number of halogens is 3. The molecule has 2 amide bonds. The highest BCUT2D eigenvalue weighted by Gasteiger charge is 2.32. The van der Waals surface area contributed by atoms with Gasteiger partial charge in [0.25, 0.3) is 5.91 Å². The minimum absolute atomic E-state index is 0.0375. The molecule has 158 valence electrons. The molecule has 0 aliphatic carbocycles. The van der Waals surface area contributed by atoms with Crippen molar-refractivity contribution in [1.29, 1.82) is 0 Å². The van der Waals surface area contributed by atoms with Crippen molar-refractivity contribution < 1.29 is 9.59 Å². The number of nitrogens with one attached hydrogen (secondary N) is 1. The van der Waals surface area contributed by atoms with Crippen LogP contribution in [0.25, 0.3) is 0 Å². The van der Waals surface area contributed by atoms with Crippen LogP contribution < -0.4 is 5.32 Å². The van der Waals surface area contributed by atoms with Crippen molar-refractivity contribution in [3.63, 3.8) is 0 Å². The molecule has 5 nitrogen and oxygen atoms in total. The van der Waals surface area contributed by atoms with Crippen molar-refractivity contribution in [2.75, 3.05) is 26.2 Å². The van der Waals surface area contributed by atoms with E-state index in [1.54, 1.807) is 12.1 Å². The number of likely N-dealkylation sites (tertiary alicyclic amines) is 1. The van der Waals surface area contributed by atoms with Gasteiger partial charge < -0.3 is 10.2 Å². The van der Waals surface area contributed by atoms with Crippen LogP contribution in [-0.4, -0.2) is 53.8 Å². The maximum Gasteiger partial charge on any atom is 0.251 e. The molecule has 0 saturated carbocycles. The molecule has 2 aliphatic rings. The van der Waals surface area contributed by atoms with Crippen LogP contribution in [0.3, 0.4) is 0 Å². The molecule has 4 rings (SSSR count). The van der Waals surface area contributed by atoms with Crippen LogP contribution in [0.15, 0.2) is 36.4 Å². The lowest BCUT2D eigenvalue weighted by Crippen LogP contribution is -2.43. The van der Waals surface area contributed by atoms with E-state index in [0.29, 0.717) is 34.7 Å². The summed E-state index contributed by atoms with van der Waals surface area (Å²) < 4.78 is 0. The molecule has 1 N–H and O–H groups in total. The Bertz CT molecular complexity index is 982. The van der Waals surface area contributed by atoms with E-state index in [-0.39, 0.29) is 18.4 Å². The van der Waals surface area contributed by atoms with Crippen LogP contribution in [-0.2, 0) is 17.8 Å². The minimum Gasteiger partial charge on any atom is -0.343 e. The Balaban J connectivity index is 1.29. The van der Waals surface area contributed by atoms with Crippen LogP contribution in [0, 0.1) is 0 Å². The summed E-state index contributed by atoms with van der Waals surface area (Å²) in [5, 5.41) is 4.13. The number of benzene rings is 2. The lowest BCUT2D eigenvalue weighted by atomic mass is 9.98. The van der Waals surface area contributed by atoms with Gasteiger partial charge in [0.15, 0.2) is 0 Å². The Morgan fingerprint density at radius 3 is 2.63 bits per heavy atom. The van der Waals surface area contributed by atoms with Gasteiger partial charge in [-0.3, -0.25) is 14.5 Å². The summed E-state index contributed by atoms with van der Waals surface area (Å²) in [7, 11) is 0. The van der Waals surface area contributed by atoms with Crippen molar-refractivity contribution in [3.8, 4) is 0 Å². The Morgan fingerprint density at radius 2 is 1.83 bits per heavy atom. The van der Waals surface area contributed by atoms with E-state index < -0.39 is 0 Å². The SMILES string of the molecule is O=C(NCC(=O)N1CCC(N2CCc3ccc(Cl)cc3C2)C1)c1ccc(Cl)c(Cl)c1. The number of rotatable bonds is 4. The second-order valence-electron chi connectivity index (χ2n) is 7.73. The number of carbonyl (C=O) groups excluding carboxylic acids is 2. The lowest BCUT2D eigenvalue weighted by Gasteiger charge is -2.33. The van der Waals surface area contributed by atoms with Gasteiger partial charge in [-0.15, -0.1) is 0 Å². The Hall–Kier alpha value is -1.79. The first-order chi connectivity index (χ1) is 14.4. The molecule has 0 radical (unpaired) electrons. The van der Waals surface area contributed by atoms with Crippen LogP contribution in [0.2, 0.25) is 15.1 Å². The van der Waals surface area contributed by atoms with Crippen molar-refractivity contribution in [2.24, 2.45) is 0 Å². The Morgan fingerprint density at radius 1 is 1.00 bits per heavy atom. The maximum atomic E-state index is 12.6. The van der Waals surface area contributed by atoms with Crippen LogP contribution in [0.4, 0.5) is 0 Å². The van der Waals surface area contributed by atoms with Crippen molar-refractivity contribution in [2.45, 2.75) is 25.4 Å². The van der Waals surface area contributed by atoms with Gasteiger partial charge in [0, 0.05) is 42.8 Å². The van der Waals surface area contributed by atoms with E-state index in [1.165, 1.54) is 17.2 Å². The van der Waals surface area contributed by atoms with Crippen molar-refractivity contribution in [1.82, 2.24) is 15.1 Å². The monoisotopic (exact) mass is 465 g/mol. The summed E-state index contributed by atoms with van der Waals surface area (Å²) in [6, 6.07) is 11.1. The van der Waals surface area contributed by atoms with Crippen LogP contribution >= 0.6 is 34.8 Å². The van der Waals surface area contributed by atoms with E-state index in [9.17, 15) is 9.59 Å². The number of nitrogens with zero attached hydrogens (tertiary/aromatic N) is 2. The van der Waals surface area contributed by atoms with E-state index in [4.69, 9.17) is 34.8 Å². The standard InChI is InChI=1S/C22H22Cl3N3O2/c23-17-3-1-14-5-7-27(12-16(14)9-17)18-6-8-28(13-18)21(29)11-26-22(30)15-2-4-19(24)20(25)10-15/h1-4,9-10,18H,5-8,11-13H2,(H,26,30). The Kier molecular flexibility index (Phi) is 6.54. The third-order valence-electron chi connectivity index (χ3n) is 5.82. The lowest BCUT2D eigenvalue weighted by molar-refractivity contribution is -0.129. The number of fused-ring (bicyclic) bond motifs is 1. The molecule has 2 aromatic rings. The van der Waals surface area contributed by atoms with Gasteiger partial charge in [-0.05, 0) is 54.3 Å². The topological polar surface area (TPSA) is 52.7 Å². The third kappa shape index (κ3) is 4.75. The molecule has 1 fully saturated rings. The van der Waals surface area contributed by atoms with E-state index in [2.05, 4.69) is 16.3 Å². The average molecular weight is 467 g/mol. The van der Waals surface area contributed by atoms with Gasteiger partial charge >= 0.3 is 0 Å². The largest absolute Gasteiger partial charge is 0.343 e. The quantitative estimate of drug-likeness (QED) is 0.740. The summed E-state index contributed by atoms with van der Waals surface area (Å²) in [5.74, 6) is -0.423. The summed E-state index contributed by atoms with van der Waals surface area (Å²) in [6.45, 7) is 3.18. The number of amides is 2. The number of hydrogen-bond acceptors (Lipinski definition) is 3. The fourth-order valence-corrected chi connectivity index (χ4v) is 4.63. The fourth-order valence-electron chi connectivity index (χ4n) is 4.13. The van der Waals surface area contributed by atoms with Gasteiger partial charge in [-0.1, -0.05) is 40.9 Å². The first kappa shape index (κ1) is 21.4. The smallest absolute Gasteiger partial charge is 0.251 e. The van der Waals surface area contributed by atoms with E-state index >= 15 is 0 Å². The fraction of sp³-hybridized carbons (Fsp3) is 0.364. The molecule has 1 saturated heterocycles. The molecule has 0 spiro atoms. The zero-order valence-electron chi connectivity index (χ0n) is 16.3. The van der Waals surface area contributed by atoms with E-state index in [1.807, 2.05) is 17.0 Å². The van der Waals surface area contributed by atoms with Gasteiger partial charge in [-0.25, -0.2) is 0 Å². The Labute approximate surface area is 190 Å². The molecular weight excluding hydrogens is 445 g/mol. The third-order valence-corrected chi connectivity index (χ3v) is 6.80. The molecule has 0 aromatic heterocycles. The molecule has 1 unspecified atom stereocenters. The predicted molar refractivity (Wildman–Crippen MR) is 119 cm³/mol. The van der Waals surface area contributed by atoms with Gasteiger partial charge in [0.05, 0.1) is 16.6 Å². The highest BCUT2D eigenvalue weighted by molar-refractivity contribution is 6.42. The molecule has 2 aromatic carbocycles. The zero-order chi connectivity index (χ0) is 21.3. The van der Waals surface area contributed by atoms with E-state index in [0.717, 1.165) is 31.0 Å². The summed E-state index contributed by atoms with van der Waals surface area (Å²) in [6.07, 6.45) is 1.93. The van der Waals surface area contributed by atoms with Gasteiger partial charge in [0.2, 0.25) is 5.91 Å². The minimum atomic E-state index is -0.345. The van der Waals surface area contributed by atoms with Gasteiger partial charge in [-0.2, -0.15) is 0 Å². The van der Waals surface area contributed by atoms with Crippen molar-refractivity contribution in [3.05, 3.63) is 68.2 Å².